The van der Waals surface area contributed by atoms with E-state index < -0.39 is 11.6 Å². The van der Waals surface area contributed by atoms with E-state index >= 15 is 0 Å². The Bertz CT molecular complexity index is 926. The fourth-order valence-electron chi connectivity index (χ4n) is 3.62. The van der Waals surface area contributed by atoms with E-state index in [-0.39, 0.29) is 22.7 Å². The molecule has 0 bridgehead atoms. The second-order valence-corrected chi connectivity index (χ2v) is 6.92. The summed E-state index contributed by atoms with van der Waals surface area (Å²) in [5, 5.41) is 1.06. The number of benzene rings is 2. The Morgan fingerprint density at radius 2 is 1.50 bits per heavy atom. The lowest BCUT2D eigenvalue weighted by atomic mass is 10.1. The first-order valence-electron chi connectivity index (χ1n) is 9.28. The van der Waals surface area contributed by atoms with Gasteiger partial charge in [-0.1, -0.05) is 19.8 Å². The molecule has 2 aromatic carbocycles. The summed E-state index contributed by atoms with van der Waals surface area (Å²) in [4.78, 5) is 0. The van der Waals surface area contributed by atoms with Crippen molar-refractivity contribution in [2.75, 3.05) is 13.2 Å². The third kappa shape index (κ3) is 3.00. The molecule has 138 valence electrons. The maximum atomic E-state index is 14.8. The second-order valence-electron chi connectivity index (χ2n) is 6.92. The van der Waals surface area contributed by atoms with Crippen LogP contribution in [-0.4, -0.2) is 13.2 Å². The summed E-state index contributed by atoms with van der Waals surface area (Å²) in [6.45, 7) is 2.86. The van der Waals surface area contributed by atoms with E-state index in [2.05, 4.69) is 0 Å². The van der Waals surface area contributed by atoms with Crippen molar-refractivity contribution < 1.29 is 22.7 Å². The van der Waals surface area contributed by atoms with E-state index in [1.54, 1.807) is 24.3 Å². The standard InChI is InChI=1S/C21H22F2O3/c1-2-11-24-16-9-7-14-15-8-10-17(25-12-13-5-3-4-6-13)19(23)21(15)26-20(14)18(16)22/h7-10,13H,2-6,11-12H2,1H3. The number of hydrogen-bond acceptors (Lipinski definition) is 3. The number of rotatable bonds is 6. The molecule has 1 aliphatic rings. The fourth-order valence-corrected chi connectivity index (χ4v) is 3.62. The summed E-state index contributed by atoms with van der Waals surface area (Å²) in [6, 6.07) is 6.58. The molecule has 1 aromatic heterocycles. The smallest absolute Gasteiger partial charge is 0.208 e. The number of halogens is 2. The summed E-state index contributed by atoms with van der Waals surface area (Å²) in [5.74, 6) is -0.411. The highest BCUT2D eigenvalue weighted by Crippen LogP contribution is 2.38. The maximum absolute atomic E-state index is 14.8. The molecule has 1 aliphatic carbocycles. The van der Waals surface area contributed by atoms with Gasteiger partial charge in [-0.2, -0.15) is 8.78 Å². The molecule has 0 unspecified atom stereocenters. The highest BCUT2D eigenvalue weighted by molar-refractivity contribution is 6.06. The van der Waals surface area contributed by atoms with E-state index in [0.29, 0.717) is 29.9 Å². The molecular formula is C21H22F2O3. The van der Waals surface area contributed by atoms with Crippen LogP contribution in [0.1, 0.15) is 39.0 Å². The van der Waals surface area contributed by atoms with Crippen LogP contribution in [0.25, 0.3) is 21.9 Å². The lowest BCUT2D eigenvalue weighted by Crippen LogP contribution is -2.08. The Balaban J connectivity index is 1.69. The maximum Gasteiger partial charge on any atom is 0.208 e. The van der Waals surface area contributed by atoms with Crippen LogP contribution in [0.3, 0.4) is 0 Å². The van der Waals surface area contributed by atoms with Crippen molar-refractivity contribution in [2.45, 2.75) is 39.0 Å². The third-order valence-corrected chi connectivity index (χ3v) is 5.03. The van der Waals surface area contributed by atoms with E-state index in [1.165, 1.54) is 12.8 Å². The van der Waals surface area contributed by atoms with Crippen LogP contribution in [0.5, 0.6) is 11.5 Å². The number of fused-ring (bicyclic) bond motifs is 3. The molecule has 0 amide bonds. The Kier molecular flexibility index (Phi) is 4.70. The Labute approximate surface area is 150 Å². The molecule has 3 nitrogen and oxygen atoms in total. The topological polar surface area (TPSA) is 31.6 Å². The largest absolute Gasteiger partial charge is 0.490 e. The average Bonchev–Trinajstić information content (AvgIpc) is 3.29. The number of hydrogen-bond donors (Lipinski definition) is 0. The van der Waals surface area contributed by atoms with Crippen molar-refractivity contribution in [2.24, 2.45) is 5.92 Å². The van der Waals surface area contributed by atoms with Crippen LogP contribution in [0.15, 0.2) is 28.7 Å². The molecular weight excluding hydrogens is 338 g/mol. The molecule has 4 rings (SSSR count). The lowest BCUT2D eigenvalue weighted by Gasteiger charge is -2.11. The van der Waals surface area contributed by atoms with Gasteiger partial charge in [-0.25, -0.2) is 0 Å². The molecule has 0 radical (unpaired) electrons. The molecule has 0 atom stereocenters. The van der Waals surface area contributed by atoms with Crippen molar-refractivity contribution in [3.05, 3.63) is 35.9 Å². The average molecular weight is 360 g/mol. The van der Waals surface area contributed by atoms with E-state index in [1.807, 2.05) is 6.92 Å². The van der Waals surface area contributed by atoms with Gasteiger partial charge < -0.3 is 13.9 Å². The first-order chi connectivity index (χ1) is 12.7. The van der Waals surface area contributed by atoms with Crippen LogP contribution in [-0.2, 0) is 0 Å². The van der Waals surface area contributed by atoms with Crippen molar-refractivity contribution in [3.8, 4) is 11.5 Å². The van der Waals surface area contributed by atoms with E-state index in [0.717, 1.165) is 19.3 Å². The zero-order valence-corrected chi connectivity index (χ0v) is 14.8. The molecule has 1 heterocycles. The zero-order chi connectivity index (χ0) is 18.1. The van der Waals surface area contributed by atoms with Gasteiger partial charge in [-0.3, -0.25) is 0 Å². The molecule has 3 aromatic rings. The van der Waals surface area contributed by atoms with Gasteiger partial charge in [0.05, 0.1) is 13.2 Å². The Hall–Kier alpha value is -2.30. The van der Waals surface area contributed by atoms with Gasteiger partial charge in [-0.15, -0.1) is 0 Å². The van der Waals surface area contributed by atoms with Gasteiger partial charge in [0.1, 0.15) is 0 Å². The van der Waals surface area contributed by atoms with Gasteiger partial charge in [0, 0.05) is 10.8 Å². The van der Waals surface area contributed by atoms with Crippen LogP contribution in [0.4, 0.5) is 8.78 Å². The van der Waals surface area contributed by atoms with Crippen molar-refractivity contribution in [1.29, 1.82) is 0 Å². The Morgan fingerprint density at radius 3 is 2.08 bits per heavy atom. The van der Waals surface area contributed by atoms with Crippen molar-refractivity contribution in [1.82, 2.24) is 0 Å². The van der Waals surface area contributed by atoms with Crippen molar-refractivity contribution >= 4 is 21.9 Å². The fraction of sp³-hybridized carbons (Fsp3) is 0.429. The van der Waals surface area contributed by atoms with Gasteiger partial charge in [0.15, 0.2) is 22.7 Å². The highest BCUT2D eigenvalue weighted by atomic mass is 19.1. The molecule has 0 N–H and O–H groups in total. The van der Waals surface area contributed by atoms with Gasteiger partial charge >= 0.3 is 0 Å². The zero-order valence-electron chi connectivity index (χ0n) is 14.8. The first-order valence-corrected chi connectivity index (χ1v) is 9.28. The first kappa shape index (κ1) is 17.1. The minimum Gasteiger partial charge on any atom is -0.490 e. The molecule has 0 spiro atoms. The Morgan fingerprint density at radius 1 is 0.923 bits per heavy atom. The van der Waals surface area contributed by atoms with E-state index in [4.69, 9.17) is 13.9 Å². The predicted molar refractivity (Wildman–Crippen MR) is 96.9 cm³/mol. The van der Waals surface area contributed by atoms with Gasteiger partial charge in [-0.05, 0) is 49.4 Å². The summed E-state index contributed by atoms with van der Waals surface area (Å²) in [7, 11) is 0. The molecule has 5 heteroatoms. The highest BCUT2D eigenvalue weighted by Gasteiger charge is 2.21. The second kappa shape index (κ2) is 7.14. The van der Waals surface area contributed by atoms with E-state index in [9.17, 15) is 8.78 Å². The SMILES string of the molecule is CCCOc1ccc2c(oc3c(F)c(OCC4CCCC4)ccc32)c1F. The summed E-state index contributed by atoms with van der Waals surface area (Å²) < 4.78 is 46.1. The number of ether oxygens (including phenoxy) is 2. The van der Waals surface area contributed by atoms with Gasteiger partial charge in [0.2, 0.25) is 11.6 Å². The minimum absolute atomic E-state index is 0.0143. The predicted octanol–water partition coefficient (Wildman–Crippen LogP) is 6.22. The molecule has 1 saturated carbocycles. The van der Waals surface area contributed by atoms with Gasteiger partial charge in [0.25, 0.3) is 0 Å². The number of furan rings is 1. The lowest BCUT2D eigenvalue weighted by molar-refractivity contribution is 0.242. The van der Waals surface area contributed by atoms with Crippen molar-refractivity contribution in [3.63, 3.8) is 0 Å². The molecule has 1 fully saturated rings. The van der Waals surface area contributed by atoms with Crippen LogP contribution in [0.2, 0.25) is 0 Å². The molecule has 0 saturated heterocycles. The molecule has 26 heavy (non-hydrogen) atoms. The summed E-state index contributed by atoms with van der Waals surface area (Å²) >= 11 is 0. The van der Waals surface area contributed by atoms with Crippen LogP contribution in [0, 0.1) is 17.6 Å². The normalized spacial score (nSPS) is 15.2. The summed E-state index contributed by atoms with van der Waals surface area (Å²) in [6.07, 6.45) is 5.44. The van der Waals surface area contributed by atoms with Crippen LogP contribution >= 0.6 is 0 Å². The summed E-state index contributed by atoms with van der Waals surface area (Å²) in [5.41, 5.74) is 0.0379. The van der Waals surface area contributed by atoms with Crippen LogP contribution < -0.4 is 9.47 Å². The quantitative estimate of drug-likeness (QED) is 0.523. The third-order valence-electron chi connectivity index (χ3n) is 5.03. The minimum atomic E-state index is -0.597. The molecule has 0 aliphatic heterocycles. The monoisotopic (exact) mass is 360 g/mol.